The summed E-state index contributed by atoms with van der Waals surface area (Å²) in [5.74, 6) is 1.75. The Morgan fingerprint density at radius 1 is 1.00 bits per heavy atom. The second-order valence-corrected chi connectivity index (χ2v) is 7.75. The summed E-state index contributed by atoms with van der Waals surface area (Å²) < 4.78 is 6.86. The molecule has 142 valence electrons. The fourth-order valence-electron chi connectivity index (χ4n) is 3.24. The number of rotatable bonds is 6. The van der Waals surface area contributed by atoms with Crippen LogP contribution in [0.3, 0.4) is 0 Å². The maximum Gasteiger partial charge on any atom is 0.220 e. The highest BCUT2D eigenvalue weighted by Crippen LogP contribution is 2.26. The normalized spacial score (nSPS) is 15.9. The van der Waals surface area contributed by atoms with Crippen molar-refractivity contribution in [2.45, 2.75) is 25.4 Å². The van der Waals surface area contributed by atoms with Crippen molar-refractivity contribution in [2.24, 2.45) is 0 Å². The Kier molecular flexibility index (Phi) is 5.63. The number of benzene rings is 3. The lowest BCUT2D eigenvalue weighted by Crippen LogP contribution is -2.18. The molecular weight excluding hydrogens is 416 g/mol. The highest BCUT2D eigenvalue weighted by atomic mass is 79.9. The van der Waals surface area contributed by atoms with E-state index in [1.165, 1.54) is 5.56 Å². The standard InChI is InChI=1S/C23H21BrN2O2/c24-18-2-1-3-21(14-18)28-20-10-4-16(5-11-20)15-25-19-8-6-17(7-9-19)22-12-13-23(27)26-22/h1-11,14,22,25H,12-13,15H2,(H,26,27). The minimum Gasteiger partial charge on any atom is -0.457 e. The molecule has 2 N–H and O–H groups in total. The molecule has 5 heteroatoms. The van der Waals surface area contributed by atoms with Crippen molar-refractivity contribution in [3.8, 4) is 11.5 Å². The molecule has 0 saturated carbocycles. The van der Waals surface area contributed by atoms with Gasteiger partial charge in [0.05, 0.1) is 6.04 Å². The van der Waals surface area contributed by atoms with Gasteiger partial charge in [0.15, 0.2) is 0 Å². The van der Waals surface area contributed by atoms with E-state index < -0.39 is 0 Å². The molecule has 1 amide bonds. The van der Waals surface area contributed by atoms with Gasteiger partial charge in [-0.3, -0.25) is 4.79 Å². The molecule has 1 heterocycles. The van der Waals surface area contributed by atoms with Gasteiger partial charge in [-0.25, -0.2) is 0 Å². The van der Waals surface area contributed by atoms with Gasteiger partial charge in [0.1, 0.15) is 11.5 Å². The molecule has 1 aliphatic rings. The first-order valence-electron chi connectivity index (χ1n) is 9.31. The Balaban J connectivity index is 1.31. The number of nitrogens with one attached hydrogen (secondary N) is 2. The molecule has 0 aliphatic carbocycles. The van der Waals surface area contributed by atoms with Crippen LogP contribution in [0.5, 0.6) is 11.5 Å². The van der Waals surface area contributed by atoms with Gasteiger partial charge >= 0.3 is 0 Å². The fraction of sp³-hybridized carbons (Fsp3) is 0.174. The molecule has 0 bridgehead atoms. The van der Waals surface area contributed by atoms with E-state index >= 15 is 0 Å². The monoisotopic (exact) mass is 436 g/mol. The second kappa shape index (κ2) is 8.48. The summed E-state index contributed by atoms with van der Waals surface area (Å²) in [4.78, 5) is 11.4. The Morgan fingerprint density at radius 3 is 2.46 bits per heavy atom. The minimum atomic E-state index is 0.138. The molecule has 1 aliphatic heterocycles. The molecule has 3 aromatic carbocycles. The molecule has 1 fully saturated rings. The van der Waals surface area contributed by atoms with E-state index in [0.29, 0.717) is 6.42 Å². The van der Waals surface area contributed by atoms with Crippen LogP contribution >= 0.6 is 15.9 Å². The Hall–Kier alpha value is -2.79. The van der Waals surface area contributed by atoms with Crippen LogP contribution in [0.4, 0.5) is 5.69 Å². The lowest BCUT2D eigenvalue weighted by atomic mass is 10.1. The van der Waals surface area contributed by atoms with E-state index in [9.17, 15) is 4.79 Å². The van der Waals surface area contributed by atoms with Gasteiger partial charge in [-0.1, -0.05) is 46.3 Å². The predicted octanol–water partition coefficient (Wildman–Crippen LogP) is 5.80. The fourth-order valence-corrected chi connectivity index (χ4v) is 3.62. The van der Waals surface area contributed by atoms with Crippen LogP contribution in [-0.4, -0.2) is 5.91 Å². The smallest absolute Gasteiger partial charge is 0.220 e. The molecule has 28 heavy (non-hydrogen) atoms. The summed E-state index contributed by atoms with van der Waals surface area (Å²) >= 11 is 3.45. The van der Waals surface area contributed by atoms with Crippen molar-refractivity contribution in [3.05, 3.63) is 88.4 Å². The molecule has 1 atom stereocenters. The molecule has 4 nitrogen and oxygen atoms in total. The maximum absolute atomic E-state index is 11.4. The zero-order chi connectivity index (χ0) is 19.3. The zero-order valence-electron chi connectivity index (χ0n) is 15.3. The summed E-state index contributed by atoms with van der Waals surface area (Å²) in [6, 6.07) is 24.3. The first kappa shape index (κ1) is 18.6. The van der Waals surface area contributed by atoms with Crippen molar-refractivity contribution in [2.75, 3.05) is 5.32 Å². The van der Waals surface area contributed by atoms with Crippen molar-refractivity contribution in [1.29, 1.82) is 0 Å². The van der Waals surface area contributed by atoms with Crippen LogP contribution in [0.2, 0.25) is 0 Å². The van der Waals surface area contributed by atoms with E-state index in [2.05, 4.69) is 63.0 Å². The Bertz CT molecular complexity index is 955. The van der Waals surface area contributed by atoms with Crippen LogP contribution < -0.4 is 15.4 Å². The third-order valence-electron chi connectivity index (χ3n) is 4.76. The third kappa shape index (κ3) is 4.73. The van der Waals surface area contributed by atoms with E-state index in [1.54, 1.807) is 0 Å². The van der Waals surface area contributed by atoms with Crippen molar-refractivity contribution >= 4 is 27.5 Å². The summed E-state index contributed by atoms with van der Waals surface area (Å²) in [6.45, 7) is 0.733. The number of hydrogen-bond donors (Lipinski definition) is 2. The van der Waals surface area contributed by atoms with Crippen LogP contribution in [0.25, 0.3) is 0 Å². The van der Waals surface area contributed by atoms with Crippen LogP contribution in [0.15, 0.2) is 77.3 Å². The summed E-state index contributed by atoms with van der Waals surface area (Å²) in [5, 5.41) is 6.43. The largest absolute Gasteiger partial charge is 0.457 e. The second-order valence-electron chi connectivity index (χ2n) is 6.84. The van der Waals surface area contributed by atoms with Gasteiger partial charge in [0.25, 0.3) is 0 Å². The number of carbonyl (C=O) groups is 1. The molecule has 1 saturated heterocycles. The van der Waals surface area contributed by atoms with Crippen LogP contribution in [0.1, 0.15) is 30.0 Å². The molecule has 0 radical (unpaired) electrons. The predicted molar refractivity (Wildman–Crippen MR) is 115 cm³/mol. The number of halogens is 1. The Morgan fingerprint density at radius 2 is 1.79 bits per heavy atom. The Labute approximate surface area is 173 Å². The number of carbonyl (C=O) groups excluding carboxylic acids is 1. The summed E-state index contributed by atoms with van der Waals surface area (Å²) in [7, 11) is 0. The molecule has 3 aromatic rings. The van der Waals surface area contributed by atoms with Gasteiger partial charge in [0, 0.05) is 23.1 Å². The highest BCUT2D eigenvalue weighted by molar-refractivity contribution is 9.10. The zero-order valence-corrected chi connectivity index (χ0v) is 16.9. The van der Waals surface area contributed by atoms with Crippen LogP contribution in [-0.2, 0) is 11.3 Å². The maximum atomic E-state index is 11.4. The highest BCUT2D eigenvalue weighted by Gasteiger charge is 2.21. The number of ether oxygens (including phenoxy) is 1. The average Bonchev–Trinajstić information content (AvgIpc) is 3.14. The molecule has 0 spiro atoms. The number of anilines is 1. The SMILES string of the molecule is O=C1CCC(c2ccc(NCc3ccc(Oc4cccc(Br)c4)cc3)cc2)N1. The van der Waals surface area contributed by atoms with E-state index in [4.69, 9.17) is 4.74 Å². The summed E-state index contributed by atoms with van der Waals surface area (Å²) in [5.41, 5.74) is 3.39. The van der Waals surface area contributed by atoms with Gasteiger partial charge in [-0.2, -0.15) is 0 Å². The van der Waals surface area contributed by atoms with Crippen molar-refractivity contribution < 1.29 is 9.53 Å². The van der Waals surface area contributed by atoms with E-state index in [0.717, 1.165) is 40.2 Å². The third-order valence-corrected chi connectivity index (χ3v) is 5.25. The lowest BCUT2D eigenvalue weighted by molar-refractivity contribution is -0.119. The van der Waals surface area contributed by atoms with Gasteiger partial charge in [-0.05, 0) is 60.0 Å². The molecule has 4 rings (SSSR count). The quantitative estimate of drug-likeness (QED) is 0.512. The molecular formula is C23H21BrN2O2. The minimum absolute atomic E-state index is 0.138. The van der Waals surface area contributed by atoms with E-state index in [-0.39, 0.29) is 11.9 Å². The molecule has 1 unspecified atom stereocenters. The lowest BCUT2D eigenvalue weighted by Gasteiger charge is -2.12. The van der Waals surface area contributed by atoms with Gasteiger partial charge in [-0.15, -0.1) is 0 Å². The first-order chi connectivity index (χ1) is 13.7. The van der Waals surface area contributed by atoms with Crippen molar-refractivity contribution in [1.82, 2.24) is 5.32 Å². The number of amides is 1. The first-order valence-corrected chi connectivity index (χ1v) is 10.1. The van der Waals surface area contributed by atoms with E-state index in [1.807, 2.05) is 36.4 Å². The van der Waals surface area contributed by atoms with Gasteiger partial charge in [0.2, 0.25) is 5.91 Å². The summed E-state index contributed by atoms with van der Waals surface area (Å²) in [6.07, 6.45) is 1.49. The molecule has 0 aromatic heterocycles. The average molecular weight is 437 g/mol. The topological polar surface area (TPSA) is 50.4 Å². The number of hydrogen-bond acceptors (Lipinski definition) is 3. The van der Waals surface area contributed by atoms with Crippen molar-refractivity contribution in [3.63, 3.8) is 0 Å². The van der Waals surface area contributed by atoms with Gasteiger partial charge < -0.3 is 15.4 Å². The van der Waals surface area contributed by atoms with Crippen LogP contribution in [0, 0.1) is 0 Å².